The molecule has 0 bridgehead atoms. The molecule has 158 valence electrons. The van der Waals surface area contributed by atoms with Gasteiger partial charge in [0, 0.05) is 24.7 Å². The number of aryl methyl sites for hydroxylation is 1. The number of benzene rings is 2. The topological polar surface area (TPSA) is 122 Å². The van der Waals surface area contributed by atoms with Crippen LogP contribution in [0.5, 0.6) is 0 Å². The minimum atomic E-state index is -0.950. The lowest BCUT2D eigenvalue weighted by Crippen LogP contribution is -2.54. The number of piperidine rings is 1. The summed E-state index contributed by atoms with van der Waals surface area (Å²) in [6, 6.07) is 10.4. The first-order valence-corrected chi connectivity index (χ1v) is 10.4. The number of imide groups is 2. The molecule has 0 spiro atoms. The maximum Gasteiger partial charge on any atom is 0.262 e. The highest BCUT2D eigenvalue weighted by molar-refractivity contribution is 6.23. The van der Waals surface area contributed by atoms with Gasteiger partial charge in [-0.15, -0.1) is 0 Å². The average Bonchev–Trinajstić information content (AvgIpc) is 3.25. The molecule has 0 aromatic heterocycles. The van der Waals surface area contributed by atoms with Gasteiger partial charge in [0.1, 0.15) is 6.04 Å². The molecule has 2 aromatic rings. The van der Waals surface area contributed by atoms with Crippen LogP contribution in [0, 0.1) is 0 Å². The molecule has 31 heavy (non-hydrogen) atoms. The number of nitrogens with zero attached hydrogens (tertiary/aromatic N) is 1. The van der Waals surface area contributed by atoms with Crippen LogP contribution in [0.3, 0.4) is 0 Å². The van der Waals surface area contributed by atoms with Crippen LogP contribution in [0.2, 0.25) is 0 Å². The van der Waals surface area contributed by atoms with Crippen LogP contribution in [0.1, 0.15) is 62.7 Å². The number of rotatable bonds is 4. The first kappa shape index (κ1) is 19.4. The zero-order valence-electron chi connectivity index (χ0n) is 16.8. The van der Waals surface area contributed by atoms with Gasteiger partial charge in [-0.2, -0.15) is 0 Å². The quantitative estimate of drug-likeness (QED) is 0.510. The SMILES string of the molecule is Nc1ccc2c(c1)CCC2NCc1ccc2c(c1)C(=O)N(C1CCC(=O)NC1=O)C2=O. The number of nitrogen functional groups attached to an aromatic ring is 1. The number of nitrogens with two attached hydrogens (primary N) is 1. The van der Waals surface area contributed by atoms with E-state index in [1.165, 1.54) is 11.1 Å². The van der Waals surface area contributed by atoms with Crippen LogP contribution in [0.4, 0.5) is 5.69 Å². The zero-order valence-corrected chi connectivity index (χ0v) is 16.8. The molecule has 0 radical (unpaired) electrons. The summed E-state index contributed by atoms with van der Waals surface area (Å²) in [6.45, 7) is 0.543. The van der Waals surface area contributed by atoms with Crippen LogP contribution < -0.4 is 16.4 Å². The van der Waals surface area contributed by atoms with E-state index in [4.69, 9.17) is 5.73 Å². The standard InChI is InChI=1S/C23H22N4O4/c24-14-3-5-15-13(10-14)2-6-18(15)25-11-12-1-4-16-17(9-12)23(31)27(22(16)30)19-7-8-20(28)26-21(19)29/h1,3-5,9-10,18-19,25H,2,6-8,11,24H2,(H,26,28,29). The number of anilines is 1. The summed E-state index contributed by atoms with van der Waals surface area (Å²) in [5.41, 5.74) is 10.6. The van der Waals surface area contributed by atoms with Crippen molar-refractivity contribution >= 4 is 29.3 Å². The molecule has 2 aliphatic heterocycles. The zero-order chi connectivity index (χ0) is 21.7. The fourth-order valence-electron chi connectivity index (χ4n) is 4.72. The lowest BCUT2D eigenvalue weighted by Gasteiger charge is -2.27. The highest BCUT2D eigenvalue weighted by atomic mass is 16.2. The van der Waals surface area contributed by atoms with Gasteiger partial charge in [0.2, 0.25) is 11.8 Å². The van der Waals surface area contributed by atoms with Gasteiger partial charge in [0.15, 0.2) is 0 Å². The lowest BCUT2D eigenvalue weighted by molar-refractivity contribution is -0.136. The molecule has 4 amide bonds. The summed E-state index contributed by atoms with van der Waals surface area (Å²) in [5, 5.41) is 5.73. The van der Waals surface area contributed by atoms with Crippen molar-refractivity contribution in [2.45, 2.75) is 44.3 Å². The fourth-order valence-corrected chi connectivity index (χ4v) is 4.72. The van der Waals surface area contributed by atoms with Gasteiger partial charge in [-0.3, -0.25) is 29.4 Å². The van der Waals surface area contributed by atoms with Gasteiger partial charge in [0.25, 0.3) is 11.8 Å². The first-order valence-electron chi connectivity index (χ1n) is 10.4. The average molecular weight is 418 g/mol. The van der Waals surface area contributed by atoms with Crippen molar-refractivity contribution in [1.82, 2.24) is 15.5 Å². The van der Waals surface area contributed by atoms with Crippen molar-refractivity contribution in [3.8, 4) is 0 Å². The summed E-state index contributed by atoms with van der Waals surface area (Å²) >= 11 is 0. The summed E-state index contributed by atoms with van der Waals surface area (Å²) in [6.07, 6.45) is 2.20. The molecule has 4 N–H and O–H groups in total. The number of carbonyl (C=O) groups excluding carboxylic acids is 4. The molecule has 5 rings (SSSR count). The van der Waals surface area contributed by atoms with Gasteiger partial charge >= 0.3 is 0 Å². The number of nitrogens with one attached hydrogen (secondary N) is 2. The predicted octanol–water partition coefficient (Wildman–Crippen LogP) is 1.45. The minimum Gasteiger partial charge on any atom is -0.399 e. The molecule has 0 saturated carbocycles. The summed E-state index contributed by atoms with van der Waals surface area (Å²) in [7, 11) is 0. The van der Waals surface area contributed by atoms with Crippen LogP contribution in [0.25, 0.3) is 0 Å². The smallest absolute Gasteiger partial charge is 0.262 e. The van der Waals surface area contributed by atoms with Gasteiger partial charge in [-0.1, -0.05) is 12.1 Å². The Bertz CT molecular complexity index is 1140. The Hall–Kier alpha value is -3.52. The van der Waals surface area contributed by atoms with E-state index in [1.54, 1.807) is 12.1 Å². The minimum absolute atomic E-state index is 0.105. The number of hydrogen-bond acceptors (Lipinski definition) is 6. The molecular formula is C23H22N4O4. The largest absolute Gasteiger partial charge is 0.399 e. The van der Waals surface area contributed by atoms with Gasteiger partial charge in [0.05, 0.1) is 11.1 Å². The van der Waals surface area contributed by atoms with E-state index in [1.807, 2.05) is 18.2 Å². The predicted molar refractivity (Wildman–Crippen MR) is 112 cm³/mol. The normalized spacial score (nSPS) is 22.5. The Balaban J connectivity index is 1.32. The van der Waals surface area contributed by atoms with Crippen LogP contribution in [0.15, 0.2) is 36.4 Å². The van der Waals surface area contributed by atoms with Gasteiger partial charge in [-0.05, 0) is 60.2 Å². The Morgan fingerprint density at radius 2 is 1.77 bits per heavy atom. The van der Waals surface area contributed by atoms with E-state index in [9.17, 15) is 19.2 Å². The van der Waals surface area contributed by atoms with E-state index in [-0.39, 0.29) is 24.8 Å². The molecule has 2 atom stereocenters. The number of fused-ring (bicyclic) bond motifs is 2. The molecule has 1 aliphatic carbocycles. The van der Waals surface area contributed by atoms with E-state index in [0.29, 0.717) is 17.7 Å². The number of carbonyl (C=O) groups is 4. The maximum absolute atomic E-state index is 12.9. The maximum atomic E-state index is 12.9. The molecule has 3 aliphatic rings. The summed E-state index contributed by atoms with van der Waals surface area (Å²) < 4.78 is 0. The van der Waals surface area contributed by atoms with Gasteiger partial charge in [-0.25, -0.2) is 0 Å². The molecule has 2 aromatic carbocycles. The molecule has 1 saturated heterocycles. The molecule has 2 heterocycles. The van der Waals surface area contributed by atoms with Crippen molar-refractivity contribution in [3.05, 3.63) is 64.2 Å². The van der Waals surface area contributed by atoms with E-state index >= 15 is 0 Å². The molecule has 8 heteroatoms. The third kappa shape index (κ3) is 3.29. The van der Waals surface area contributed by atoms with Crippen molar-refractivity contribution in [2.24, 2.45) is 0 Å². The Labute approximate surface area is 178 Å². The third-order valence-electron chi connectivity index (χ3n) is 6.30. The van der Waals surface area contributed by atoms with Crippen LogP contribution >= 0.6 is 0 Å². The van der Waals surface area contributed by atoms with Crippen molar-refractivity contribution in [2.75, 3.05) is 5.73 Å². The molecular weight excluding hydrogens is 396 g/mol. The Kier molecular flexibility index (Phi) is 4.59. The lowest BCUT2D eigenvalue weighted by atomic mass is 10.0. The van der Waals surface area contributed by atoms with Crippen LogP contribution in [-0.2, 0) is 22.6 Å². The second-order valence-corrected chi connectivity index (χ2v) is 8.26. The van der Waals surface area contributed by atoms with Crippen molar-refractivity contribution in [3.63, 3.8) is 0 Å². The van der Waals surface area contributed by atoms with E-state index < -0.39 is 23.8 Å². The highest BCUT2D eigenvalue weighted by Gasteiger charge is 2.44. The Morgan fingerprint density at radius 3 is 2.58 bits per heavy atom. The molecule has 2 unspecified atom stereocenters. The second kappa shape index (κ2) is 7.31. The monoisotopic (exact) mass is 418 g/mol. The fraction of sp³-hybridized carbons (Fsp3) is 0.304. The van der Waals surface area contributed by atoms with E-state index in [0.717, 1.165) is 29.0 Å². The van der Waals surface area contributed by atoms with Crippen LogP contribution in [-0.4, -0.2) is 34.6 Å². The molecule has 1 fully saturated rings. The molecule has 8 nitrogen and oxygen atoms in total. The number of hydrogen-bond donors (Lipinski definition) is 3. The van der Waals surface area contributed by atoms with Gasteiger partial charge < -0.3 is 11.1 Å². The van der Waals surface area contributed by atoms with E-state index in [2.05, 4.69) is 16.7 Å². The third-order valence-corrected chi connectivity index (χ3v) is 6.30. The number of amides is 4. The highest BCUT2D eigenvalue weighted by Crippen LogP contribution is 2.33. The van der Waals surface area contributed by atoms with Crippen molar-refractivity contribution in [1.29, 1.82) is 0 Å². The Morgan fingerprint density at radius 1 is 0.968 bits per heavy atom. The first-order chi connectivity index (χ1) is 14.9. The van der Waals surface area contributed by atoms with Crippen molar-refractivity contribution < 1.29 is 19.2 Å². The summed E-state index contributed by atoms with van der Waals surface area (Å²) in [4.78, 5) is 50.3. The summed E-state index contributed by atoms with van der Waals surface area (Å²) in [5.74, 6) is -1.97. The second-order valence-electron chi connectivity index (χ2n) is 8.26.